The van der Waals surface area contributed by atoms with E-state index in [-0.39, 0.29) is 17.8 Å². The highest BCUT2D eigenvalue weighted by Crippen LogP contribution is 2.28. The van der Waals surface area contributed by atoms with Crippen LogP contribution in [0.4, 0.5) is 17.2 Å². The van der Waals surface area contributed by atoms with Crippen LogP contribution in [0.2, 0.25) is 0 Å². The molecule has 1 saturated carbocycles. The lowest BCUT2D eigenvalue weighted by Gasteiger charge is -2.29. The maximum absolute atomic E-state index is 11.9. The number of amides is 1. The molecule has 3 aromatic rings. The molecule has 2 heterocycles. The smallest absolute Gasteiger partial charge is 0.271 e. The first-order valence-electron chi connectivity index (χ1n) is 9.39. The lowest BCUT2D eigenvalue weighted by atomic mass is 9.91. The van der Waals surface area contributed by atoms with E-state index < -0.39 is 5.91 Å². The average Bonchev–Trinajstić information content (AvgIpc) is 3.06. The molecule has 1 aromatic carbocycles. The number of carbonyl (C=O) groups excluding carboxylic acids is 1. The second kappa shape index (κ2) is 7.43. The van der Waals surface area contributed by atoms with Crippen LogP contribution in [0.15, 0.2) is 30.6 Å². The van der Waals surface area contributed by atoms with Crippen LogP contribution < -0.4 is 22.1 Å². The summed E-state index contributed by atoms with van der Waals surface area (Å²) in [6, 6.07) is 7.75. The monoisotopic (exact) mass is 380 g/mol. The van der Waals surface area contributed by atoms with Crippen molar-refractivity contribution in [2.24, 2.45) is 18.5 Å². The highest BCUT2D eigenvalue weighted by atomic mass is 16.1. The van der Waals surface area contributed by atoms with Gasteiger partial charge >= 0.3 is 0 Å². The van der Waals surface area contributed by atoms with E-state index in [0.29, 0.717) is 11.5 Å². The number of nitrogens with two attached hydrogens (primary N) is 2. The van der Waals surface area contributed by atoms with Crippen molar-refractivity contribution in [2.45, 2.75) is 37.8 Å². The number of primary amides is 1. The first-order valence-corrected chi connectivity index (χ1v) is 9.39. The number of nitrogens with one attached hydrogen (secondary N) is 2. The molecule has 0 spiro atoms. The first kappa shape index (κ1) is 18.2. The Morgan fingerprint density at radius 3 is 2.82 bits per heavy atom. The molecule has 4 rings (SSSR count). The van der Waals surface area contributed by atoms with Gasteiger partial charge in [0.2, 0.25) is 0 Å². The van der Waals surface area contributed by atoms with Crippen molar-refractivity contribution >= 4 is 34.1 Å². The fraction of sp³-hybridized carbons (Fsp3) is 0.368. The molecule has 28 heavy (non-hydrogen) atoms. The second-order valence-corrected chi connectivity index (χ2v) is 7.21. The number of carbonyl (C=O) groups is 1. The molecule has 0 saturated heterocycles. The van der Waals surface area contributed by atoms with Gasteiger partial charge in [0.05, 0.1) is 23.2 Å². The summed E-state index contributed by atoms with van der Waals surface area (Å²) >= 11 is 0. The zero-order chi connectivity index (χ0) is 19.7. The quantitative estimate of drug-likeness (QED) is 0.530. The molecule has 2 aromatic heterocycles. The van der Waals surface area contributed by atoms with E-state index in [9.17, 15) is 4.79 Å². The molecule has 1 amide bonds. The molecule has 0 unspecified atom stereocenters. The molecule has 6 N–H and O–H groups in total. The number of hydrogen-bond acceptors (Lipinski definition) is 7. The third-order valence-electron chi connectivity index (χ3n) is 5.20. The molecular weight excluding hydrogens is 356 g/mol. The van der Waals surface area contributed by atoms with Gasteiger partial charge in [0, 0.05) is 25.2 Å². The molecule has 146 valence electrons. The van der Waals surface area contributed by atoms with Crippen LogP contribution >= 0.6 is 0 Å². The number of para-hydroxylation sites is 1. The number of nitrogens with zero attached hydrogens (tertiary/aromatic N) is 4. The Bertz CT molecular complexity index is 1010. The number of aromatic nitrogens is 4. The molecule has 0 bridgehead atoms. The van der Waals surface area contributed by atoms with Crippen molar-refractivity contribution in [1.29, 1.82) is 0 Å². The standard InChI is InChI=1S/C19H24N8O/c1-27-10-22-17-13(7-4-8-15(17)27)23-14-9-16(25-26-18(14)19(21)28)24-12-6-3-2-5-11(12)20/h4,7-12H,2-3,5-6,20H2,1H3,(H2,21,28)(H2,23,24,25)/t11-,12+/m0/s1. The average molecular weight is 380 g/mol. The van der Waals surface area contributed by atoms with Crippen molar-refractivity contribution in [1.82, 2.24) is 19.7 Å². The number of hydrogen-bond donors (Lipinski definition) is 4. The third kappa shape index (κ3) is 3.48. The van der Waals surface area contributed by atoms with E-state index >= 15 is 0 Å². The summed E-state index contributed by atoms with van der Waals surface area (Å²) in [5.41, 5.74) is 14.8. The third-order valence-corrected chi connectivity index (χ3v) is 5.20. The first-order chi connectivity index (χ1) is 13.5. The molecule has 0 aliphatic heterocycles. The number of anilines is 3. The van der Waals surface area contributed by atoms with Gasteiger partial charge in [-0.1, -0.05) is 18.9 Å². The maximum Gasteiger partial charge on any atom is 0.271 e. The molecule has 0 radical (unpaired) electrons. The Labute approximate surface area is 162 Å². The second-order valence-electron chi connectivity index (χ2n) is 7.21. The van der Waals surface area contributed by atoms with Crippen molar-refractivity contribution in [3.05, 3.63) is 36.3 Å². The summed E-state index contributed by atoms with van der Waals surface area (Å²) < 4.78 is 1.93. The van der Waals surface area contributed by atoms with Gasteiger partial charge < -0.3 is 26.7 Å². The van der Waals surface area contributed by atoms with Gasteiger partial charge in [-0.2, -0.15) is 0 Å². The van der Waals surface area contributed by atoms with Crippen LogP contribution in [0.3, 0.4) is 0 Å². The van der Waals surface area contributed by atoms with Crippen LogP contribution in [0, 0.1) is 0 Å². The van der Waals surface area contributed by atoms with Crippen LogP contribution in [-0.4, -0.2) is 37.7 Å². The van der Waals surface area contributed by atoms with Crippen LogP contribution in [0.5, 0.6) is 0 Å². The zero-order valence-electron chi connectivity index (χ0n) is 15.7. The van der Waals surface area contributed by atoms with Crippen molar-refractivity contribution in [2.75, 3.05) is 10.6 Å². The van der Waals surface area contributed by atoms with Gasteiger partial charge in [-0.15, -0.1) is 10.2 Å². The molecule has 1 aliphatic rings. The fourth-order valence-electron chi connectivity index (χ4n) is 3.67. The molecular formula is C19H24N8O. The van der Waals surface area contributed by atoms with Gasteiger partial charge in [-0.3, -0.25) is 4.79 Å². The van der Waals surface area contributed by atoms with Gasteiger partial charge in [-0.25, -0.2) is 4.98 Å². The topological polar surface area (TPSA) is 137 Å². The van der Waals surface area contributed by atoms with Gasteiger partial charge in [-0.05, 0) is 25.0 Å². The largest absolute Gasteiger partial charge is 0.364 e. The Morgan fingerprint density at radius 1 is 1.21 bits per heavy atom. The summed E-state index contributed by atoms with van der Waals surface area (Å²) in [6.45, 7) is 0. The Balaban J connectivity index is 1.67. The van der Waals surface area contributed by atoms with Crippen LogP contribution in [0.25, 0.3) is 11.0 Å². The van der Waals surface area contributed by atoms with Crippen molar-refractivity contribution in [3.8, 4) is 0 Å². The van der Waals surface area contributed by atoms with E-state index in [4.69, 9.17) is 11.5 Å². The highest BCUT2D eigenvalue weighted by Gasteiger charge is 2.23. The van der Waals surface area contributed by atoms with E-state index in [1.54, 1.807) is 12.4 Å². The number of rotatable bonds is 5. The Kier molecular flexibility index (Phi) is 4.82. The zero-order valence-corrected chi connectivity index (χ0v) is 15.7. The number of benzene rings is 1. The van der Waals surface area contributed by atoms with Gasteiger partial charge in [0.15, 0.2) is 11.5 Å². The summed E-state index contributed by atoms with van der Waals surface area (Å²) in [7, 11) is 1.93. The maximum atomic E-state index is 11.9. The Morgan fingerprint density at radius 2 is 2.04 bits per heavy atom. The summed E-state index contributed by atoms with van der Waals surface area (Å²) in [5, 5.41) is 14.8. The Hall–Kier alpha value is -3.20. The number of imidazole rings is 1. The number of aryl methyl sites for hydroxylation is 1. The van der Waals surface area contributed by atoms with Gasteiger partial charge in [0.25, 0.3) is 5.91 Å². The normalized spacial score (nSPS) is 19.5. The minimum absolute atomic E-state index is 0.0741. The summed E-state index contributed by atoms with van der Waals surface area (Å²) in [5.74, 6) is -0.0906. The van der Waals surface area contributed by atoms with Crippen molar-refractivity contribution in [3.63, 3.8) is 0 Å². The SMILES string of the molecule is Cn1cnc2c(Nc3cc(N[C@@H]4CCCC[C@@H]4N)nnc3C(N)=O)cccc21. The van der Waals surface area contributed by atoms with Crippen molar-refractivity contribution < 1.29 is 4.79 Å². The molecule has 1 aliphatic carbocycles. The highest BCUT2D eigenvalue weighted by molar-refractivity contribution is 5.99. The van der Waals surface area contributed by atoms with Gasteiger partial charge in [0.1, 0.15) is 5.52 Å². The molecule has 9 heteroatoms. The lowest BCUT2D eigenvalue weighted by molar-refractivity contribution is 0.0995. The van der Waals surface area contributed by atoms with Crippen LogP contribution in [0.1, 0.15) is 36.2 Å². The van der Waals surface area contributed by atoms with E-state index in [1.807, 2.05) is 29.8 Å². The van der Waals surface area contributed by atoms with E-state index in [1.165, 1.54) is 0 Å². The minimum Gasteiger partial charge on any atom is -0.364 e. The van der Waals surface area contributed by atoms with E-state index in [0.717, 1.165) is 42.4 Å². The lowest BCUT2D eigenvalue weighted by Crippen LogP contribution is -2.42. The van der Waals surface area contributed by atoms with Crippen LogP contribution in [-0.2, 0) is 7.05 Å². The summed E-state index contributed by atoms with van der Waals surface area (Å²) in [4.78, 5) is 16.3. The predicted octanol–water partition coefficient (Wildman–Crippen LogP) is 1.89. The van der Waals surface area contributed by atoms with E-state index in [2.05, 4.69) is 25.8 Å². The predicted molar refractivity (Wildman–Crippen MR) is 108 cm³/mol. The fourth-order valence-corrected chi connectivity index (χ4v) is 3.67. The molecule has 1 fully saturated rings. The molecule has 9 nitrogen and oxygen atoms in total. The minimum atomic E-state index is -0.649. The molecule has 2 atom stereocenters. The number of fused-ring (bicyclic) bond motifs is 1. The summed E-state index contributed by atoms with van der Waals surface area (Å²) in [6.07, 6.45) is 5.98.